The lowest BCUT2D eigenvalue weighted by Crippen LogP contribution is -2.38. The van der Waals surface area contributed by atoms with Gasteiger partial charge in [-0.3, -0.25) is 9.78 Å². The average molecular weight is 521 g/mol. The minimum atomic E-state index is -0.208. The molecule has 1 aliphatic carbocycles. The normalized spacial score (nSPS) is 20.7. The van der Waals surface area contributed by atoms with Gasteiger partial charge in [0.25, 0.3) is 5.91 Å². The van der Waals surface area contributed by atoms with Gasteiger partial charge in [0, 0.05) is 67.0 Å². The summed E-state index contributed by atoms with van der Waals surface area (Å²) < 4.78 is 2.32. The van der Waals surface area contributed by atoms with Crippen LogP contribution in [0.2, 0.25) is 0 Å². The number of pyridine rings is 1. The summed E-state index contributed by atoms with van der Waals surface area (Å²) in [6.07, 6.45) is 10.9. The number of aryl methyl sites for hydroxylation is 2. The Kier molecular flexibility index (Phi) is 8.24. The molecule has 0 bridgehead atoms. The first-order valence-corrected chi connectivity index (χ1v) is 14.1. The predicted octanol–water partition coefficient (Wildman–Crippen LogP) is 4.12. The molecular weight excluding hydrogens is 480 g/mol. The first kappa shape index (κ1) is 26.6. The molecule has 1 amide bonds. The quantitative estimate of drug-likeness (QED) is 0.383. The van der Waals surface area contributed by atoms with Gasteiger partial charge in [-0.25, -0.2) is 4.98 Å². The number of rotatable bonds is 8. The monoisotopic (exact) mass is 520 g/mol. The summed E-state index contributed by atoms with van der Waals surface area (Å²) in [6, 6.07) is 4.07. The van der Waals surface area contributed by atoms with Crippen molar-refractivity contribution in [1.82, 2.24) is 24.4 Å². The number of nitrogens with zero attached hydrogens (tertiary/aromatic N) is 5. The molecule has 4 heterocycles. The molecule has 2 fully saturated rings. The first-order chi connectivity index (χ1) is 18.4. The van der Waals surface area contributed by atoms with Gasteiger partial charge >= 0.3 is 0 Å². The Labute approximate surface area is 224 Å². The summed E-state index contributed by atoms with van der Waals surface area (Å²) in [7, 11) is 0. The highest BCUT2D eigenvalue weighted by Crippen LogP contribution is 2.38. The first-order valence-electron chi connectivity index (χ1n) is 14.1. The molecule has 0 spiro atoms. The number of carbonyl (C=O) groups excluding carboxylic acids is 1. The van der Waals surface area contributed by atoms with Crippen molar-refractivity contribution in [3.63, 3.8) is 0 Å². The van der Waals surface area contributed by atoms with Gasteiger partial charge in [-0.05, 0) is 88.8 Å². The number of carbonyl (C=O) groups is 1. The Balaban J connectivity index is 1.36. The number of likely N-dealkylation sites (tertiary alicyclic amines) is 1. The van der Waals surface area contributed by atoms with E-state index in [1.807, 2.05) is 37.1 Å². The van der Waals surface area contributed by atoms with Crippen LogP contribution in [0.5, 0.6) is 0 Å². The third-order valence-corrected chi connectivity index (χ3v) is 8.08. The topological polar surface area (TPSA) is 116 Å². The number of aromatic nitrogens is 4. The highest BCUT2D eigenvalue weighted by Gasteiger charge is 2.30. The molecule has 1 saturated heterocycles. The number of aliphatic hydroxyl groups excluding tert-OH is 2. The second kappa shape index (κ2) is 11.8. The fourth-order valence-corrected chi connectivity index (χ4v) is 6.05. The number of anilines is 1. The summed E-state index contributed by atoms with van der Waals surface area (Å²) in [6.45, 7) is 6.20. The van der Waals surface area contributed by atoms with Gasteiger partial charge in [-0.2, -0.15) is 4.98 Å². The minimum absolute atomic E-state index is 0.0838. The number of fused-ring (bicyclic) bond motifs is 1. The summed E-state index contributed by atoms with van der Waals surface area (Å²) in [4.78, 5) is 29.1. The molecule has 3 N–H and O–H groups in total. The van der Waals surface area contributed by atoms with Crippen LogP contribution in [0.25, 0.3) is 11.0 Å². The van der Waals surface area contributed by atoms with Crippen LogP contribution in [-0.2, 0) is 0 Å². The van der Waals surface area contributed by atoms with Crippen LogP contribution in [-0.4, -0.2) is 72.9 Å². The van der Waals surface area contributed by atoms with E-state index in [1.165, 1.54) is 5.56 Å². The zero-order chi connectivity index (χ0) is 26.6. The summed E-state index contributed by atoms with van der Waals surface area (Å²) >= 11 is 0. The van der Waals surface area contributed by atoms with Gasteiger partial charge < -0.3 is 25.0 Å². The van der Waals surface area contributed by atoms with Crippen molar-refractivity contribution in [2.45, 2.75) is 83.3 Å². The van der Waals surface area contributed by atoms with Crippen LogP contribution in [0, 0.1) is 13.8 Å². The van der Waals surface area contributed by atoms with Gasteiger partial charge in [0.2, 0.25) is 5.95 Å². The largest absolute Gasteiger partial charge is 0.396 e. The van der Waals surface area contributed by atoms with Crippen molar-refractivity contribution in [2.24, 2.45) is 0 Å². The molecule has 9 nitrogen and oxygen atoms in total. The van der Waals surface area contributed by atoms with Crippen molar-refractivity contribution in [2.75, 3.05) is 31.6 Å². The lowest BCUT2D eigenvalue weighted by Gasteiger charge is -2.32. The standard InChI is InChI=1S/C29H40N6O3/c1-19-15-22(16-20(2)32-19)28(38)34-12-9-21(10-13-34)26-18-35(23-5-7-24(37)8-6-23)27-25(26)17-31-29(33-27)30-11-3-4-14-36/h15-18,21,23-24,36-37H,3-14H2,1-2H3,(H,30,31,33). The highest BCUT2D eigenvalue weighted by molar-refractivity contribution is 5.94. The molecule has 1 aliphatic heterocycles. The van der Waals surface area contributed by atoms with E-state index in [4.69, 9.17) is 10.1 Å². The van der Waals surface area contributed by atoms with Crippen LogP contribution in [0.4, 0.5) is 5.95 Å². The van der Waals surface area contributed by atoms with E-state index < -0.39 is 0 Å². The van der Waals surface area contributed by atoms with Gasteiger partial charge in [-0.1, -0.05) is 0 Å². The second-order valence-corrected chi connectivity index (χ2v) is 10.9. The van der Waals surface area contributed by atoms with E-state index in [2.05, 4.69) is 26.0 Å². The number of nitrogens with one attached hydrogen (secondary N) is 1. The molecule has 1 saturated carbocycles. The molecule has 0 aromatic carbocycles. The smallest absolute Gasteiger partial charge is 0.253 e. The lowest BCUT2D eigenvalue weighted by atomic mass is 9.89. The molecule has 0 radical (unpaired) electrons. The van der Waals surface area contributed by atoms with Crippen molar-refractivity contribution in [3.05, 3.63) is 47.0 Å². The fraction of sp³-hybridized carbons (Fsp3) is 0.586. The number of unbranched alkanes of at least 4 members (excludes halogenated alkanes) is 1. The molecule has 3 aromatic heterocycles. The van der Waals surface area contributed by atoms with E-state index in [0.717, 1.165) is 99.0 Å². The van der Waals surface area contributed by atoms with E-state index in [9.17, 15) is 9.90 Å². The van der Waals surface area contributed by atoms with Crippen LogP contribution in [0.15, 0.2) is 24.5 Å². The molecule has 38 heavy (non-hydrogen) atoms. The van der Waals surface area contributed by atoms with Crippen LogP contribution < -0.4 is 5.32 Å². The van der Waals surface area contributed by atoms with Crippen LogP contribution in [0.3, 0.4) is 0 Å². The summed E-state index contributed by atoms with van der Waals surface area (Å²) in [5, 5.41) is 23.5. The maximum absolute atomic E-state index is 13.2. The average Bonchev–Trinajstić information content (AvgIpc) is 3.29. The van der Waals surface area contributed by atoms with Crippen molar-refractivity contribution in [3.8, 4) is 0 Å². The van der Waals surface area contributed by atoms with E-state index >= 15 is 0 Å². The zero-order valence-corrected chi connectivity index (χ0v) is 22.6. The maximum Gasteiger partial charge on any atom is 0.253 e. The van der Waals surface area contributed by atoms with Crippen molar-refractivity contribution < 1.29 is 15.0 Å². The van der Waals surface area contributed by atoms with Gasteiger partial charge in [-0.15, -0.1) is 0 Å². The Hall–Kier alpha value is -3.04. The fourth-order valence-electron chi connectivity index (χ4n) is 6.05. The lowest BCUT2D eigenvalue weighted by molar-refractivity contribution is 0.0712. The van der Waals surface area contributed by atoms with Crippen LogP contribution >= 0.6 is 0 Å². The SMILES string of the molecule is Cc1cc(C(=O)N2CCC(c3cn(C4CCC(O)CC4)c4nc(NCCCCO)ncc34)CC2)cc(C)n1. The molecule has 9 heteroatoms. The number of hydrogen-bond acceptors (Lipinski definition) is 7. The number of amides is 1. The zero-order valence-electron chi connectivity index (χ0n) is 22.6. The second-order valence-electron chi connectivity index (χ2n) is 10.9. The minimum Gasteiger partial charge on any atom is -0.396 e. The number of hydrogen-bond donors (Lipinski definition) is 3. The molecule has 5 rings (SSSR count). The predicted molar refractivity (Wildman–Crippen MR) is 147 cm³/mol. The molecule has 2 aliphatic rings. The highest BCUT2D eigenvalue weighted by atomic mass is 16.3. The number of piperidine rings is 1. The van der Waals surface area contributed by atoms with Crippen LogP contribution in [0.1, 0.15) is 90.6 Å². The molecular formula is C29H40N6O3. The maximum atomic E-state index is 13.2. The van der Waals surface area contributed by atoms with E-state index in [0.29, 0.717) is 17.9 Å². The Morgan fingerprint density at radius 2 is 1.74 bits per heavy atom. The van der Waals surface area contributed by atoms with E-state index in [-0.39, 0.29) is 18.6 Å². The van der Waals surface area contributed by atoms with Gasteiger partial charge in [0.15, 0.2) is 0 Å². The van der Waals surface area contributed by atoms with Gasteiger partial charge in [0.05, 0.1) is 6.10 Å². The van der Waals surface area contributed by atoms with Gasteiger partial charge in [0.1, 0.15) is 5.65 Å². The summed E-state index contributed by atoms with van der Waals surface area (Å²) in [5.74, 6) is 1.03. The molecule has 0 atom stereocenters. The van der Waals surface area contributed by atoms with E-state index in [1.54, 1.807) is 0 Å². The molecule has 0 unspecified atom stereocenters. The Morgan fingerprint density at radius 1 is 1.03 bits per heavy atom. The molecule has 3 aromatic rings. The number of aliphatic hydroxyl groups is 2. The Morgan fingerprint density at radius 3 is 2.42 bits per heavy atom. The summed E-state index contributed by atoms with van der Waals surface area (Å²) in [5.41, 5.74) is 4.67. The Bertz CT molecular complexity index is 1240. The third kappa shape index (κ3) is 5.83. The van der Waals surface area contributed by atoms with Crippen molar-refractivity contribution in [1.29, 1.82) is 0 Å². The van der Waals surface area contributed by atoms with Crippen molar-refractivity contribution >= 4 is 22.9 Å². The third-order valence-electron chi connectivity index (χ3n) is 8.08. The molecule has 204 valence electrons.